The molecular formula is C18H25N5O2. The largest absolute Gasteiger partial charge is 0.491 e. The molecule has 7 heteroatoms. The second-order valence-electron chi connectivity index (χ2n) is 6.62. The van der Waals surface area contributed by atoms with Crippen LogP contribution in [0, 0.1) is 0 Å². The average molecular weight is 343 g/mol. The number of aromatic nitrogens is 3. The summed E-state index contributed by atoms with van der Waals surface area (Å²) in [4.78, 5) is 20.9. The molecule has 1 aromatic heterocycles. The van der Waals surface area contributed by atoms with E-state index in [0.717, 1.165) is 24.3 Å². The number of rotatable bonds is 6. The lowest BCUT2D eigenvalue weighted by Gasteiger charge is -2.31. The van der Waals surface area contributed by atoms with Crippen LogP contribution in [0.3, 0.4) is 0 Å². The molecule has 0 saturated carbocycles. The van der Waals surface area contributed by atoms with Gasteiger partial charge in [-0.2, -0.15) is 5.10 Å². The number of carbonyl (C=O) groups excluding carboxylic acids is 1. The SMILES string of the molecule is CN(C)CC1COc2ccccc2CN1C(=O)CCCn1cncn1. The van der Waals surface area contributed by atoms with E-state index >= 15 is 0 Å². The fourth-order valence-electron chi connectivity index (χ4n) is 3.11. The Bertz CT molecular complexity index is 687. The molecule has 0 saturated heterocycles. The van der Waals surface area contributed by atoms with Crippen LogP contribution in [0.1, 0.15) is 18.4 Å². The van der Waals surface area contributed by atoms with Gasteiger partial charge in [0.25, 0.3) is 0 Å². The molecule has 2 aromatic rings. The Kier molecular flexibility index (Phi) is 5.65. The molecule has 0 radical (unpaired) electrons. The molecule has 0 bridgehead atoms. The number of fused-ring (bicyclic) bond motifs is 1. The molecule has 1 aromatic carbocycles. The summed E-state index contributed by atoms with van der Waals surface area (Å²) in [6.07, 6.45) is 4.43. The number of amides is 1. The first kappa shape index (κ1) is 17.4. The number of benzene rings is 1. The monoisotopic (exact) mass is 343 g/mol. The van der Waals surface area contributed by atoms with Crippen LogP contribution >= 0.6 is 0 Å². The highest BCUT2D eigenvalue weighted by Crippen LogP contribution is 2.25. The first-order valence-electron chi connectivity index (χ1n) is 8.61. The van der Waals surface area contributed by atoms with Gasteiger partial charge in [-0.3, -0.25) is 9.48 Å². The second kappa shape index (κ2) is 8.11. The Morgan fingerprint density at radius 1 is 1.36 bits per heavy atom. The summed E-state index contributed by atoms with van der Waals surface area (Å²) in [7, 11) is 4.04. The minimum atomic E-state index is 0.0428. The molecule has 7 nitrogen and oxygen atoms in total. The first-order chi connectivity index (χ1) is 12.1. The van der Waals surface area contributed by atoms with E-state index in [4.69, 9.17) is 4.74 Å². The van der Waals surface area contributed by atoms with Crippen molar-refractivity contribution in [1.82, 2.24) is 24.6 Å². The minimum Gasteiger partial charge on any atom is -0.491 e. The maximum absolute atomic E-state index is 12.9. The van der Waals surface area contributed by atoms with Gasteiger partial charge in [0, 0.05) is 31.6 Å². The fourth-order valence-corrected chi connectivity index (χ4v) is 3.11. The first-order valence-corrected chi connectivity index (χ1v) is 8.61. The normalized spacial score (nSPS) is 17.1. The van der Waals surface area contributed by atoms with Crippen molar-refractivity contribution in [1.29, 1.82) is 0 Å². The molecule has 0 fully saturated rings. The number of ether oxygens (including phenoxy) is 1. The smallest absolute Gasteiger partial charge is 0.223 e. The standard InChI is InChI=1S/C18H25N5O2/c1-21(2)11-16-12-25-17-7-4-3-6-15(17)10-23(16)18(24)8-5-9-22-14-19-13-20-22/h3-4,6-7,13-14,16H,5,8-12H2,1-2H3. The fraction of sp³-hybridized carbons (Fsp3) is 0.500. The van der Waals surface area contributed by atoms with Gasteiger partial charge in [0.2, 0.25) is 5.91 Å². The van der Waals surface area contributed by atoms with Gasteiger partial charge in [-0.1, -0.05) is 18.2 Å². The van der Waals surface area contributed by atoms with Crippen molar-refractivity contribution in [3.63, 3.8) is 0 Å². The van der Waals surface area contributed by atoms with Crippen LogP contribution in [0.4, 0.5) is 0 Å². The van der Waals surface area contributed by atoms with Gasteiger partial charge >= 0.3 is 0 Å². The molecule has 134 valence electrons. The highest BCUT2D eigenvalue weighted by atomic mass is 16.5. The Labute approximate surface area is 148 Å². The number of likely N-dealkylation sites (N-methyl/N-ethyl adjacent to an activating group) is 1. The van der Waals surface area contributed by atoms with Gasteiger partial charge in [0.05, 0.1) is 6.04 Å². The molecular weight excluding hydrogens is 318 g/mol. The molecule has 1 atom stereocenters. The maximum Gasteiger partial charge on any atom is 0.223 e. The van der Waals surface area contributed by atoms with Crippen LogP contribution in [0.5, 0.6) is 5.75 Å². The van der Waals surface area contributed by atoms with Gasteiger partial charge in [-0.15, -0.1) is 0 Å². The van der Waals surface area contributed by atoms with E-state index in [0.29, 0.717) is 26.1 Å². The van der Waals surface area contributed by atoms with Crippen LogP contribution in [0.15, 0.2) is 36.9 Å². The van der Waals surface area contributed by atoms with Crippen molar-refractivity contribution in [2.75, 3.05) is 27.2 Å². The van der Waals surface area contributed by atoms with Gasteiger partial charge in [0.15, 0.2) is 0 Å². The van der Waals surface area contributed by atoms with Crippen molar-refractivity contribution >= 4 is 5.91 Å². The predicted molar refractivity (Wildman–Crippen MR) is 94.1 cm³/mol. The molecule has 25 heavy (non-hydrogen) atoms. The summed E-state index contributed by atoms with van der Waals surface area (Å²) in [6.45, 7) is 2.59. The van der Waals surface area contributed by atoms with Gasteiger partial charge in [-0.05, 0) is 26.6 Å². The van der Waals surface area contributed by atoms with Crippen LogP contribution in [0.25, 0.3) is 0 Å². The van der Waals surface area contributed by atoms with Gasteiger partial charge < -0.3 is 14.5 Å². The lowest BCUT2D eigenvalue weighted by atomic mass is 10.1. The van der Waals surface area contributed by atoms with E-state index in [9.17, 15) is 4.79 Å². The zero-order valence-electron chi connectivity index (χ0n) is 14.8. The molecule has 1 aliphatic heterocycles. The van der Waals surface area contributed by atoms with Crippen molar-refractivity contribution in [2.45, 2.75) is 32.0 Å². The summed E-state index contributed by atoms with van der Waals surface area (Å²) < 4.78 is 7.72. The van der Waals surface area contributed by atoms with Crippen molar-refractivity contribution < 1.29 is 9.53 Å². The summed E-state index contributed by atoms with van der Waals surface area (Å²) in [6, 6.07) is 8.00. The van der Waals surface area contributed by atoms with E-state index in [1.54, 1.807) is 11.0 Å². The lowest BCUT2D eigenvalue weighted by molar-refractivity contribution is -0.135. The molecule has 1 amide bonds. The molecule has 0 N–H and O–H groups in total. The third kappa shape index (κ3) is 4.57. The number of hydrogen-bond donors (Lipinski definition) is 0. The zero-order chi connectivity index (χ0) is 17.6. The third-order valence-electron chi connectivity index (χ3n) is 4.33. The van der Waals surface area contributed by atoms with Crippen LogP contribution in [-0.4, -0.2) is 63.8 Å². The number of hydrogen-bond acceptors (Lipinski definition) is 5. The van der Waals surface area contributed by atoms with E-state index in [2.05, 4.69) is 15.0 Å². The summed E-state index contributed by atoms with van der Waals surface area (Å²) in [5.41, 5.74) is 1.06. The van der Waals surface area contributed by atoms with Gasteiger partial charge in [-0.25, -0.2) is 4.98 Å². The number of carbonyl (C=O) groups is 1. The van der Waals surface area contributed by atoms with E-state index in [-0.39, 0.29) is 11.9 Å². The Balaban J connectivity index is 1.68. The average Bonchev–Trinajstić information content (AvgIpc) is 3.03. The summed E-state index contributed by atoms with van der Waals surface area (Å²) in [5.74, 6) is 1.04. The quantitative estimate of drug-likeness (QED) is 0.793. The highest BCUT2D eigenvalue weighted by Gasteiger charge is 2.28. The lowest BCUT2D eigenvalue weighted by Crippen LogP contribution is -2.47. The summed E-state index contributed by atoms with van der Waals surface area (Å²) >= 11 is 0. The third-order valence-corrected chi connectivity index (χ3v) is 4.33. The minimum absolute atomic E-state index is 0.0428. The molecule has 3 rings (SSSR count). The maximum atomic E-state index is 12.9. The molecule has 0 spiro atoms. The second-order valence-corrected chi connectivity index (χ2v) is 6.62. The highest BCUT2D eigenvalue weighted by molar-refractivity contribution is 5.76. The molecule has 0 aliphatic carbocycles. The van der Waals surface area contributed by atoms with Crippen molar-refractivity contribution in [3.8, 4) is 5.75 Å². The summed E-state index contributed by atoms with van der Waals surface area (Å²) in [5, 5.41) is 4.08. The van der Waals surface area contributed by atoms with E-state index in [1.165, 1.54) is 6.33 Å². The van der Waals surface area contributed by atoms with Crippen LogP contribution in [-0.2, 0) is 17.9 Å². The Morgan fingerprint density at radius 3 is 2.96 bits per heavy atom. The number of para-hydroxylation sites is 1. The molecule has 2 heterocycles. The van der Waals surface area contributed by atoms with Crippen molar-refractivity contribution in [2.24, 2.45) is 0 Å². The molecule has 1 unspecified atom stereocenters. The van der Waals surface area contributed by atoms with Crippen LogP contribution < -0.4 is 4.74 Å². The van der Waals surface area contributed by atoms with E-state index < -0.39 is 0 Å². The molecule has 1 aliphatic rings. The zero-order valence-corrected chi connectivity index (χ0v) is 14.8. The number of aryl methyl sites for hydroxylation is 1. The number of nitrogens with zero attached hydrogens (tertiary/aromatic N) is 5. The Hall–Kier alpha value is -2.41. The van der Waals surface area contributed by atoms with Crippen LogP contribution in [0.2, 0.25) is 0 Å². The van der Waals surface area contributed by atoms with Gasteiger partial charge in [0.1, 0.15) is 25.0 Å². The topological polar surface area (TPSA) is 63.5 Å². The Morgan fingerprint density at radius 2 is 2.20 bits per heavy atom. The van der Waals surface area contributed by atoms with Crippen molar-refractivity contribution in [3.05, 3.63) is 42.5 Å². The predicted octanol–water partition coefficient (Wildman–Crippen LogP) is 1.41. The van der Waals surface area contributed by atoms with E-state index in [1.807, 2.05) is 43.3 Å².